The SMILES string of the molecule is CCOC(C)(C)C(=O)OCSC. The van der Waals surface area contributed by atoms with Gasteiger partial charge in [0, 0.05) is 6.61 Å². The van der Waals surface area contributed by atoms with E-state index in [1.54, 1.807) is 13.8 Å². The average Bonchev–Trinajstić information content (AvgIpc) is 2.00. The van der Waals surface area contributed by atoms with E-state index in [1.807, 2.05) is 13.2 Å². The Morgan fingerprint density at radius 2 is 2.08 bits per heavy atom. The van der Waals surface area contributed by atoms with Crippen molar-refractivity contribution in [3.8, 4) is 0 Å². The average molecular weight is 192 g/mol. The van der Waals surface area contributed by atoms with E-state index in [9.17, 15) is 4.79 Å². The van der Waals surface area contributed by atoms with Gasteiger partial charge in [-0.15, -0.1) is 11.8 Å². The maximum Gasteiger partial charge on any atom is 0.338 e. The monoisotopic (exact) mass is 192 g/mol. The van der Waals surface area contributed by atoms with Crippen LogP contribution in [0.15, 0.2) is 0 Å². The molecule has 0 fully saturated rings. The molecule has 3 nitrogen and oxygen atoms in total. The topological polar surface area (TPSA) is 35.5 Å². The fourth-order valence-electron chi connectivity index (χ4n) is 0.706. The zero-order chi connectivity index (χ0) is 9.61. The predicted molar refractivity (Wildman–Crippen MR) is 50.2 cm³/mol. The summed E-state index contributed by atoms with van der Waals surface area (Å²) < 4.78 is 10.1. The van der Waals surface area contributed by atoms with Gasteiger partial charge in [-0.25, -0.2) is 4.79 Å². The van der Waals surface area contributed by atoms with Crippen LogP contribution in [-0.4, -0.2) is 30.4 Å². The molecule has 0 aromatic rings. The van der Waals surface area contributed by atoms with Crippen molar-refractivity contribution in [2.75, 3.05) is 18.8 Å². The van der Waals surface area contributed by atoms with Gasteiger partial charge in [-0.1, -0.05) is 0 Å². The lowest BCUT2D eigenvalue weighted by atomic mass is 10.1. The van der Waals surface area contributed by atoms with Crippen LogP contribution in [-0.2, 0) is 14.3 Å². The molecule has 0 aliphatic carbocycles. The third kappa shape index (κ3) is 3.97. The van der Waals surface area contributed by atoms with Crippen LogP contribution < -0.4 is 0 Å². The molecule has 0 unspecified atom stereocenters. The first-order chi connectivity index (χ1) is 5.54. The molecule has 4 heteroatoms. The fourth-order valence-corrected chi connectivity index (χ4v) is 0.931. The van der Waals surface area contributed by atoms with Gasteiger partial charge in [-0.2, -0.15) is 0 Å². The van der Waals surface area contributed by atoms with Crippen molar-refractivity contribution in [3.63, 3.8) is 0 Å². The lowest BCUT2D eigenvalue weighted by Gasteiger charge is -2.21. The minimum atomic E-state index is -0.815. The molecule has 0 amide bonds. The van der Waals surface area contributed by atoms with Crippen LogP contribution in [0.25, 0.3) is 0 Å². The standard InChI is InChI=1S/C8H16O3S/c1-5-11-8(2,3)7(9)10-6-12-4/h5-6H2,1-4H3. The number of hydrogen-bond acceptors (Lipinski definition) is 4. The minimum Gasteiger partial charge on any atom is -0.453 e. The highest BCUT2D eigenvalue weighted by molar-refractivity contribution is 7.98. The van der Waals surface area contributed by atoms with E-state index in [-0.39, 0.29) is 5.97 Å². The number of hydrogen-bond donors (Lipinski definition) is 0. The van der Waals surface area contributed by atoms with Crippen LogP contribution in [0, 0.1) is 0 Å². The molecule has 0 atom stereocenters. The first-order valence-electron chi connectivity index (χ1n) is 3.84. The Morgan fingerprint density at radius 1 is 1.50 bits per heavy atom. The van der Waals surface area contributed by atoms with E-state index in [2.05, 4.69) is 0 Å². The molecular formula is C8H16O3S. The van der Waals surface area contributed by atoms with Crippen molar-refractivity contribution < 1.29 is 14.3 Å². The molecule has 0 aliphatic heterocycles. The maximum atomic E-state index is 11.3. The summed E-state index contributed by atoms with van der Waals surface area (Å²) in [6.45, 7) is 5.78. The third-order valence-electron chi connectivity index (χ3n) is 1.30. The smallest absolute Gasteiger partial charge is 0.338 e. The molecule has 0 saturated carbocycles. The highest BCUT2D eigenvalue weighted by Gasteiger charge is 2.29. The number of rotatable bonds is 5. The molecule has 0 radical (unpaired) electrons. The first kappa shape index (κ1) is 11.8. The predicted octanol–water partition coefficient (Wildman–Crippen LogP) is 1.67. The molecule has 0 aliphatic rings. The summed E-state index contributed by atoms with van der Waals surface area (Å²) in [6, 6.07) is 0. The molecular weight excluding hydrogens is 176 g/mol. The van der Waals surface area contributed by atoms with Crippen LogP contribution in [0.2, 0.25) is 0 Å². The second-order valence-corrected chi connectivity index (χ2v) is 3.59. The van der Waals surface area contributed by atoms with Crippen molar-refractivity contribution in [2.45, 2.75) is 26.4 Å². The fraction of sp³-hybridized carbons (Fsp3) is 0.875. The molecule has 12 heavy (non-hydrogen) atoms. The Labute approximate surface area is 77.8 Å². The van der Waals surface area contributed by atoms with Crippen LogP contribution in [0.4, 0.5) is 0 Å². The number of carbonyl (C=O) groups is 1. The quantitative estimate of drug-likeness (QED) is 0.490. The van der Waals surface area contributed by atoms with Crippen LogP contribution >= 0.6 is 11.8 Å². The molecule has 72 valence electrons. The van der Waals surface area contributed by atoms with Crippen molar-refractivity contribution in [2.24, 2.45) is 0 Å². The second-order valence-electron chi connectivity index (χ2n) is 2.78. The van der Waals surface area contributed by atoms with Crippen molar-refractivity contribution >= 4 is 17.7 Å². The summed E-state index contributed by atoms with van der Waals surface area (Å²) >= 11 is 1.47. The minimum absolute atomic E-state index is 0.307. The largest absolute Gasteiger partial charge is 0.453 e. The Kier molecular flexibility index (Phi) is 5.33. The molecule has 0 N–H and O–H groups in total. The van der Waals surface area contributed by atoms with Crippen molar-refractivity contribution in [3.05, 3.63) is 0 Å². The normalized spacial score (nSPS) is 11.3. The highest BCUT2D eigenvalue weighted by Crippen LogP contribution is 2.12. The molecule has 0 aromatic heterocycles. The number of esters is 1. The van der Waals surface area contributed by atoms with E-state index >= 15 is 0 Å². The molecule has 0 aromatic carbocycles. The molecule has 0 saturated heterocycles. The summed E-state index contributed by atoms with van der Waals surface area (Å²) in [7, 11) is 0. The van der Waals surface area contributed by atoms with E-state index in [0.717, 1.165) is 0 Å². The summed E-state index contributed by atoms with van der Waals surface area (Å²) in [5.74, 6) is 0.0775. The Bertz CT molecular complexity index is 145. The number of carbonyl (C=O) groups excluding carboxylic acids is 1. The summed E-state index contributed by atoms with van der Waals surface area (Å²) in [5.41, 5.74) is -0.815. The van der Waals surface area contributed by atoms with Gasteiger partial charge in [0.25, 0.3) is 0 Å². The lowest BCUT2D eigenvalue weighted by Crippen LogP contribution is -2.36. The first-order valence-corrected chi connectivity index (χ1v) is 5.24. The Balaban J connectivity index is 3.88. The lowest BCUT2D eigenvalue weighted by molar-refractivity contribution is -0.165. The van der Waals surface area contributed by atoms with Crippen LogP contribution in [0.1, 0.15) is 20.8 Å². The van der Waals surface area contributed by atoms with Gasteiger partial charge in [0.1, 0.15) is 5.94 Å². The highest BCUT2D eigenvalue weighted by atomic mass is 32.2. The molecule has 0 rings (SSSR count). The van der Waals surface area contributed by atoms with E-state index < -0.39 is 5.60 Å². The van der Waals surface area contributed by atoms with Crippen LogP contribution in [0.3, 0.4) is 0 Å². The number of thioether (sulfide) groups is 1. The van der Waals surface area contributed by atoms with Crippen molar-refractivity contribution in [1.82, 2.24) is 0 Å². The van der Waals surface area contributed by atoms with Gasteiger partial charge in [0.15, 0.2) is 5.60 Å². The summed E-state index contributed by atoms with van der Waals surface area (Å²) in [5, 5.41) is 0. The van der Waals surface area contributed by atoms with Crippen molar-refractivity contribution in [1.29, 1.82) is 0 Å². The molecule has 0 spiro atoms. The molecule has 0 bridgehead atoms. The Hall–Kier alpha value is -0.220. The zero-order valence-electron chi connectivity index (χ0n) is 8.05. The second kappa shape index (κ2) is 5.43. The van der Waals surface area contributed by atoms with Crippen LogP contribution in [0.5, 0.6) is 0 Å². The molecule has 0 heterocycles. The van der Waals surface area contributed by atoms with E-state index in [1.165, 1.54) is 11.8 Å². The third-order valence-corrected chi connectivity index (χ3v) is 1.66. The number of ether oxygens (including phenoxy) is 2. The van der Waals surface area contributed by atoms with Gasteiger partial charge >= 0.3 is 5.97 Å². The van der Waals surface area contributed by atoms with Gasteiger partial charge < -0.3 is 9.47 Å². The van der Waals surface area contributed by atoms with Gasteiger partial charge in [-0.3, -0.25) is 0 Å². The zero-order valence-corrected chi connectivity index (χ0v) is 8.86. The van der Waals surface area contributed by atoms with Gasteiger partial charge in [0.05, 0.1) is 0 Å². The van der Waals surface area contributed by atoms with Gasteiger partial charge in [-0.05, 0) is 27.0 Å². The summed E-state index contributed by atoms with van der Waals surface area (Å²) in [6.07, 6.45) is 1.88. The van der Waals surface area contributed by atoms with Gasteiger partial charge in [0.2, 0.25) is 0 Å². The van der Waals surface area contributed by atoms with E-state index in [4.69, 9.17) is 9.47 Å². The summed E-state index contributed by atoms with van der Waals surface area (Å²) in [4.78, 5) is 11.3. The van der Waals surface area contributed by atoms with E-state index in [0.29, 0.717) is 12.5 Å². The Morgan fingerprint density at radius 3 is 2.50 bits per heavy atom. The maximum absolute atomic E-state index is 11.3.